The van der Waals surface area contributed by atoms with Crippen LogP contribution in [-0.4, -0.2) is 41.3 Å². The van der Waals surface area contributed by atoms with E-state index in [4.69, 9.17) is 4.74 Å². The molecule has 0 radical (unpaired) electrons. The van der Waals surface area contributed by atoms with Crippen molar-refractivity contribution in [2.75, 3.05) is 26.8 Å². The summed E-state index contributed by atoms with van der Waals surface area (Å²) in [7, 11) is 1.79. The fourth-order valence-corrected chi connectivity index (χ4v) is 3.07. The number of rotatable bonds is 5. The molecule has 0 saturated heterocycles. The highest BCUT2D eigenvalue weighted by Gasteiger charge is 2.21. The normalized spacial score (nSPS) is 19.2. The molecule has 0 fully saturated rings. The first-order valence-corrected chi connectivity index (χ1v) is 7.60. The van der Waals surface area contributed by atoms with Crippen molar-refractivity contribution in [1.29, 1.82) is 0 Å². The van der Waals surface area contributed by atoms with Crippen molar-refractivity contribution >= 4 is 0 Å². The van der Waals surface area contributed by atoms with E-state index < -0.39 is 0 Å². The smallest absolute Gasteiger partial charge is 0.122 e. The Kier molecular flexibility index (Phi) is 4.68. The van der Waals surface area contributed by atoms with Gasteiger partial charge < -0.3 is 9.30 Å². The van der Waals surface area contributed by atoms with Gasteiger partial charge in [-0.05, 0) is 12.0 Å². The summed E-state index contributed by atoms with van der Waals surface area (Å²) in [5.41, 5.74) is 1.40. The van der Waals surface area contributed by atoms with Gasteiger partial charge in [0.25, 0.3) is 0 Å². The number of imidazole rings is 1. The number of aromatic nitrogens is 2. The summed E-state index contributed by atoms with van der Waals surface area (Å²) >= 11 is 0. The number of hydrogen-bond acceptors (Lipinski definition) is 3. The zero-order valence-corrected chi connectivity index (χ0v) is 12.6. The van der Waals surface area contributed by atoms with Gasteiger partial charge >= 0.3 is 0 Å². The van der Waals surface area contributed by atoms with Crippen LogP contribution in [0.4, 0.5) is 0 Å². The van der Waals surface area contributed by atoms with Crippen molar-refractivity contribution in [3.63, 3.8) is 0 Å². The van der Waals surface area contributed by atoms with Crippen LogP contribution in [0.2, 0.25) is 0 Å². The van der Waals surface area contributed by atoms with E-state index in [1.54, 1.807) is 7.11 Å². The van der Waals surface area contributed by atoms with Gasteiger partial charge in [-0.2, -0.15) is 0 Å². The van der Waals surface area contributed by atoms with Gasteiger partial charge in [0, 0.05) is 45.1 Å². The van der Waals surface area contributed by atoms with Crippen molar-refractivity contribution in [2.24, 2.45) is 5.92 Å². The summed E-state index contributed by atoms with van der Waals surface area (Å²) in [5.74, 6) is 1.70. The average molecular weight is 285 g/mol. The van der Waals surface area contributed by atoms with Crippen LogP contribution in [0.3, 0.4) is 0 Å². The Morgan fingerprint density at radius 3 is 2.90 bits per heavy atom. The number of methoxy groups -OCH3 is 1. The lowest BCUT2D eigenvalue weighted by atomic mass is 10.1. The molecule has 2 aromatic rings. The van der Waals surface area contributed by atoms with E-state index in [9.17, 15) is 0 Å². The standard InChI is InChI=1S/C17H23N3O/c1-21-14-16-11-19(9-7-15-5-3-2-4-6-15)13-17-18-8-10-20(17)12-16/h2-6,8,10,16H,7,9,11-14H2,1H3. The van der Waals surface area contributed by atoms with Crippen molar-refractivity contribution < 1.29 is 4.74 Å². The van der Waals surface area contributed by atoms with Crippen molar-refractivity contribution in [3.8, 4) is 0 Å². The summed E-state index contributed by atoms with van der Waals surface area (Å²) in [6.07, 6.45) is 5.07. The maximum Gasteiger partial charge on any atom is 0.122 e. The van der Waals surface area contributed by atoms with Crippen LogP contribution in [0.5, 0.6) is 0 Å². The maximum absolute atomic E-state index is 5.38. The molecule has 1 aliphatic heterocycles. The molecule has 0 spiro atoms. The molecular weight excluding hydrogens is 262 g/mol. The molecule has 1 unspecified atom stereocenters. The third-order valence-electron chi connectivity index (χ3n) is 4.10. The molecule has 0 aliphatic carbocycles. The predicted molar refractivity (Wildman–Crippen MR) is 83.0 cm³/mol. The molecule has 0 bridgehead atoms. The fourth-order valence-electron chi connectivity index (χ4n) is 3.07. The molecule has 1 atom stereocenters. The van der Waals surface area contributed by atoms with Crippen LogP contribution in [0.1, 0.15) is 11.4 Å². The second-order valence-electron chi connectivity index (χ2n) is 5.79. The Labute approximate surface area is 126 Å². The third-order valence-corrected chi connectivity index (χ3v) is 4.10. The lowest BCUT2D eigenvalue weighted by Gasteiger charge is -2.23. The Hall–Kier alpha value is -1.65. The van der Waals surface area contributed by atoms with Gasteiger partial charge in [-0.25, -0.2) is 4.98 Å². The number of ether oxygens (including phenoxy) is 1. The second kappa shape index (κ2) is 6.87. The third kappa shape index (κ3) is 3.71. The topological polar surface area (TPSA) is 30.3 Å². The monoisotopic (exact) mass is 285 g/mol. The Balaban J connectivity index is 1.66. The van der Waals surface area contributed by atoms with E-state index in [1.165, 1.54) is 11.4 Å². The first kappa shape index (κ1) is 14.3. The van der Waals surface area contributed by atoms with Crippen LogP contribution in [-0.2, 0) is 24.2 Å². The lowest BCUT2D eigenvalue weighted by Crippen LogP contribution is -2.31. The molecule has 2 heterocycles. The molecule has 112 valence electrons. The second-order valence-corrected chi connectivity index (χ2v) is 5.79. The van der Waals surface area contributed by atoms with Crippen molar-refractivity contribution in [3.05, 3.63) is 54.1 Å². The number of nitrogens with zero attached hydrogens (tertiary/aromatic N) is 3. The molecule has 1 aromatic heterocycles. The van der Waals surface area contributed by atoms with E-state index in [0.717, 1.165) is 39.2 Å². The van der Waals surface area contributed by atoms with Gasteiger partial charge in [0.15, 0.2) is 0 Å². The Morgan fingerprint density at radius 2 is 2.10 bits per heavy atom. The zero-order chi connectivity index (χ0) is 14.5. The van der Waals surface area contributed by atoms with Crippen LogP contribution in [0.25, 0.3) is 0 Å². The first-order chi connectivity index (χ1) is 10.3. The van der Waals surface area contributed by atoms with Gasteiger partial charge in [-0.15, -0.1) is 0 Å². The van der Waals surface area contributed by atoms with Gasteiger partial charge in [0.1, 0.15) is 5.82 Å². The minimum Gasteiger partial charge on any atom is -0.384 e. The molecule has 1 aromatic carbocycles. The summed E-state index contributed by atoms with van der Waals surface area (Å²) in [5, 5.41) is 0. The van der Waals surface area contributed by atoms with Gasteiger partial charge in [0.2, 0.25) is 0 Å². The predicted octanol–water partition coefficient (Wildman–Crippen LogP) is 2.20. The van der Waals surface area contributed by atoms with Gasteiger partial charge in [-0.1, -0.05) is 30.3 Å². The highest BCUT2D eigenvalue weighted by molar-refractivity contribution is 5.15. The van der Waals surface area contributed by atoms with Crippen LogP contribution in [0, 0.1) is 5.92 Å². The highest BCUT2D eigenvalue weighted by Crippen LogP contribution is 2.16. The summed E-state index contributed by atoms with van der Waals surface area (Å²) < 4.78 is 7.65. The van der Waals surface area contributed by atoms with Crippen molar-refractivity contribution in [1.82, 2.24) is 14.5 Å². The molecule has 3 rings (SSSR count). The minimum absolute atomic E-state index is 0.529. The summed E-state index contributed by atoms with van der Waals surface area (Å²) in [4.78, 5) is 7.00. The van der Waals surface area contributed by atoms with E-state index >= 15 is 0 Å². The summed E-state index contributed by atoms with van der Waals surface area (Å²) in [6, 6.07) is 10.7. The minimum atomic E-state index is 0.529. The number of hydrogen-bond donors (Lipinski definition) is 0. The molecule has 0 saturated carbocycles. The maximum atomic E-state index is 5.38. The largest absolute Gasteiger partial charge is 0.384 e. The Morgan fingerprint density at radius 1 is 1.24 bits per heavy atom. The molecule has 21 heavy (non-hydrogen) atoms. The molecular formula is C17H23N3O. The molecule has 0 N–H and O–H groups in total. The van der Waals surface area contributed by atoms with E-state index in [0.29, 0.717) is 5.92 Å². The number of benzene rings is 1. The quantitative estimate of drug-likeness (QED) is 0.844. The van der Waals surface area contributed by atoms with Crippen LogP contribution >= 0.6 is 0 Å². The number of fused-ring (bicyclic) bond motifs is 1. The van der Waals surface area contributed by atoms with Gasteiger partial charge in [0.05, 0.1) is 13.2 Å². The molecule has 1 aliphatic rings. The van der Waals surface area contributed by atoms with Crippen LogP contribution < -0.4 is 0 Å². The van der Waals surface area contributed by atoms with Crippen LogP contribution in [0.15, 0.2) is 42.7 Å². The Bertz CT molecular complexity index is 552. The highest BCUT2D eigenvalue weighted by atomic mass is 16.5. The molecule has 4 heteroatoms. The first-order valence-electron chi connectivity index (χ1n) is 7.60. The van der Waals surface area contributed by atoms with Crippen molar-refractivity contribution in [2.45, 2.75) is 19.5 Å². The molecule has 0 amide bonds. The van der Waals surface area contributed by atoms with E-state index in [1.807, 2.05) is 6.20 Å². The molecule has 4 nitrogen and oxygen atoms in total. The van der Waals surface area contributed by atoms with Gasteiger partial charge in [-0.3, -0.25) is 4.90 Å². The fraction of sp³-hybridized carbons (Fsp3) is 0.471. The van der Waals surface area contributed by atoms with E-state index in [2.05, 4.69) is 51.0 Å². The lowest BCUT2D eigenvalue weighted by molar-refractivity contribution is 0.118. The van der Waals surface area contributed by atoms with E-state index in [-0.39, 0.29) is 0 Å². The zero-order valence-electron chi connectivity index (χ0n) is 12.6. The average Bonchev–Trinajstić information content (AvgIpc) is 2.86. The summed E-state index contributed by atoms with van der Waals surface area (Å²) in [6.45, 7) is 4.88. The SMILES string of the molecule is COCC1CN(CCc2ccccc2)Cc2nccn2C1.